The standard InChI is InChI=1S/C10H10Cl2N2O4S/c1-5-2-10(15)14(13-5)8-3-7(12)9(4-6(8)11)19(16,17)18/h3-5,13H,2H2,1H3,(H,16,17,18). The highest BCUT2D eigenvalue weighted by Gasteiger charge is 2.30. The third-order valence-corrected chi connectivity index (χ3v) is 4.22. The van der Waals surface area contributed by atoms with E-state index in [-0.39, 0.29) is 27.7 Å². The minimum atomic E-state index is -4.46. The van der Waals surface area contributed by atoms with Crippen molar-refractivity contribution in [2.75, 3.05) is 5.01 Å². The molecule has 2 N–H and O–H groups in total. The number of carbonyl (C=O) groups excluding carboxylic acids is 1. The predicted molar refractivity (Wildman–Crippen MR) is 71.0 cm³/mol. The molecule has 1 aliphatic heterocycles. The first kappa shape index (κ1) is 14.5. The van der Waals surface area contributed by atoms with E-state index in [2.05, 4.69) is 5.43 Å². The number of nitrogens with one attached hydrogen (secondary N) is 1. The fourth-order valence-corrected chi connectivity index (χ4v) is 3.12. The average Bonchev–Trinajstić information content (AvgIpc) is 2.59. The van der Waals surface area contributed by atoms with Crippen LogP contribution < -0.4 is 10.4 Å². The van der Waals surface area contributed by atoms with Crippen molar-refractivity contribution in [3.8, 4) is 0 Å². The van der Waals surface area contributed by atoms with Gasteiger partial charge in [0.15, 0.2) is 0 Å². The molecule has 1 amide bonds. The Bertz CT molecular complexity index is 647. The zero-order chi connectivity index (χ0) is 14.4. The normalized spacial score (nSPS) is 20.1. The van der Waals surface area contributed by atoms with E-state index in [0.29, 0.717) is 6.42 Å². The maximum Gasteiger partial charge on any atom is 0.296 e. The van der Waals surface area contributed by atoms with Gasteiger partial charge >= 0.3 is 0 Å². The zero-order valence-corrected chi connectivity index (χ0v) is 12.1. The van der Waals surface area contributed by atoms with Crippen molar-refractivity contribution in [1.82, 2.24) is 5.43 Å². The molecule has 1 heterocycles. The summed E-state index contributed by atoms with van der Waals surface area (Å²) in [7, 11) is -4.46. The monoisotopic (exact) mass is 324 g/mol. The van der Waals surface area contributed by atoms with Gasteiger partial charge in [-0.25, -0.2) is 10.4 Å². The first-order valence-electron chi connectivity index (χ1n) is 5.26. The number of benzene rings is 1. The number of amides is 1. The molecule has 1 atom stereocenters. The quantitative estimate of drug-likeness (QED) is 0.811. The maximum atomic E-state index is 11.7. The predicted octanol–water partition coefficient (Wildman–Crippen LogP) is 1.87. The van der Waals surface area contributed by atoms with Crippen LogP contribution in [0.15, 0.2) is 17.0 Å². The van der Waals surface area contributed by atoms with Crippen LogP contribution in [0.4, 0.5) is 5.69 Å². The van der Waals surface area contributed by atoms with E-state index in [0.717, 1.165) is 6.07 Å². The van der Waals surface area contributed by atoms with E-state index < -0.39 is 15.0 Å². The Morgan fingerprint density at radius 2 is 2.00 bits per heavy atom. The lowest BCUT2D eigenvalue weighted by atomic mass is 10.2. The van der Waals surface area contributed by atoms with Crippen molar-refractivity contribution in [2.24, 2.45) is 0 Å². The summed E-state index contributed by atoms with van der Waals surface area (Å²) in [4.78, 5) is 11.2. The molecule has 104 valence electrons. The van der Waals surface area contributed by atoms with Gasteiger partial charge in [0, 0.05) is 12.5 Å². The summed E-state index contributed by atoms with van der Waals surface area (Å²) in [6, 6.07) is 2.17. The van der Waals surface area contributed by atoms with Gasteiger partial charge in [-0.3, -0.25) is 9.35 Å². The van der Waals surface area contributed by atoms with Gasteiger partial charge in [-0.05, 0) is 19.1 Å². The molecule has 0 aromatic heterocycles. The number of anilines is 1. The molecular weight excluding hydrogens is 315 g/mol. The Labute approximate surface area is 120 Å². The van der Waals surface area contributed by atoms with Crippen molar-refractivity contribution >= 4 is 44.9 Å². The third kappa shape index (κ3) is 2.85. The molecule has 0 saturated carbocycles. The summed E-state index contributed by atoms with van der Waals surface area (Å²) >= 11 is 11.7. The van der Waals surface area contributed by atoms with Crippen molar-refractivity contribution in [3.63, 3.8) is 0 Å². The molecule has 6 nitrogen and oxygen atoms in total. The van der Waals surface area contributed by atoms with Gasteiger partial charge in [0.25, 0.3) is 10.1 Å². The molecule has 19 heavy (non-hydrogen) atoms. The molecule has 0 bridgehead atoms. The number of carbonyl (C=O) groups is 1. The van der Waals surface area contributed by atoms with Gasteiger partial charge in [-0.2, -0.15) is 8.42 Å². The maximum absolute atomic E-state index is 11.7. The van der Waals surface area contributed by atoms with E-state index in [1.54, 1.807) is 0 Å². The van der Waals surface area contributed by atoms with Gasteiger partial charge in [-0.1, -0.05) is 23.2 Å². The van der Waals surface area contributed by atoms with Gasteiger partial charge in [0.05, 0.1) is 15.7 Å². The van der Waals surface area contributed by atoms with E-state index >= 15 is 0 Å². The molecule has 0 aliphatic carbocycles. The highest BCUT2D eigenvalue weighted by atomic mass is 35.5. The largest absolute Gasteiger partial charge is 0.296 e. The molecule has 0 radical (unpaired) electrons. The number of hydrazine groups is 1. The fraction of sp³-hybridized carbons (Fsp3) is 0.300. The van der Waals surface area contributed by atoms with E-state index in [1.807, 2.05) is 6.92 Å². The van der Waals surface area contributed by atoms with E-state index in [4.69, 9.17) is 27.8 Å². The van der Waals surface area contributed by atoms with Gasteiger partial charge < -0.3 is 0 Å². The number of hydrogen-bond donors (Lipinski definition) is 2. The van der Waals surface area contributed by atoms with E-state index in [9.17, 15) is 13.2 Å². The van der Waals surface area contributed by atoms with Crippen LogP contribution in [-0.2, 0) is 14.9 Å². The highest BCUT2D eigenvalue weighted by molar-refractivity contribution is 7.86. The van der Waals surface area contributed by atoms with Crippen LogP contribution in [0.1, 0.15) is 13.3 Å². The van der Waals surface area contributed by atoms with Crippen LogP contribution in [0.3, 0.4) is 0 Å². The number of nitrogens with zero attached hydrogens (tertiary/aromatic N) is 1. The van der Waals surface area contributed by atoms with Gasteiger partial charge in [-0.15, -0.1) is 0 Å². The van der Waals surface area contributed by atoms with Crippen molar-refractivity contribution in [2.45, 2.75) is 24.3 Å². The van der Waals surface area contributed by atoms with Crippen molar-refractivity contribution < 1.29 is 17.8 Å². The molecule has 0 spiro atoms. The second-order valence-electron chi connectivity index (χ2n) is 4.17. The lowest BCUT2D eigenvalue weighted by Gasteiger charge is -2.19. The van der Waals surface area contributed by atoms with Gasteiger partial charge in [0.2, 0.25) is 5.91 Å². The van der Waals surface area contributed by atoms with Crippen molar-refractivity contribution in [1.29, 1.82) is 0 Å². The molecule has 1 fully saturated rings. The molecular formula is C10H10Cl2N2O4S. The molecule has 1 aliphatic rings. The summed E-state index contributed by atoms with van der Waals surface area (Å²) in [6.45, 7) is 1.82. The lowest BCUT2D eigenvalue weighted by Crippen LogP contribution is -2.36. The first-order chi connectivity index (χ1) is 8.70. The summed E-state index contributed by atoms with van der Waals surface area (Å²) < 4.78 is 31.1. The summed E-state index contributed by atoms with van der Waals surface area (Å²) in [6.07, 6.45) is 0.300. The van der Waals surface area contributed by atoms with E-state index in [1.165, 1.54) is 11.1 Å². The Hall–Kier alpha value is -0.860. The van der Waals surface area contributed by atoms with Crippen LogP contribution >= 0.6 is 23.2 Å². The minimum absolute atomic E-state index is 0.00743. The number of halogens is 2. The molecule has 1 aromatic rings. The summed E-state index contributed by atoms with van der Waals surface area (Å²) in [5.74, 6) is -0.204. The second kappa shape index (κ2) is 4.92. The van der Waals surface area contributed by atoms with Crippen LogP contribution in [0.2, 0.25) is 10.0 Å². The SMILES string of the molecule is CC1CC(=O)N(c2cc(Cl)c(S(=O)(=O)O)cc2Cl)N1. The van der Waals surface area contributed by atoms with Crippen LogP contribution in [0.5, 0.6) is 0 Å². The second-order valence-corrected chi connectivity index (χ2v) is 6.38. The van der Waals surface area contributed by atoms with Crippen molar-refractivity contribution in [3.05, 3.63) is 22.2 Å². The number of hydrogen-bond acceptors (Lipinski definition) is 4. The molecule has 1 aromatic carbocycles. The Morgan fingerprint density at radius 3 is 2.47 bits per heavy atom. The Morgan fingerprint density at radius 1 is 1.37 bits per heavy atom. The molecule has 1 saturated heterocycles. The summed E-state index contributed by atoms with van der Waals surface area (Å²) in [5.41, 5.74) is 3.12. The molecule has 9 heteroatoms. The average molecular weight is 325 g/mol. The Kier molecular flexibility index (Phi) is 3.76. The molecule has 2 rings (SSSR count). The number of rotatable bonds is 2. The minimum Gasteiger partial charge on any atom is -0.282 e. The molecule has 1 unspecified atom stereocenters. The Balaban J connectivity index is 2.50. The fourth-order valence-electron chi connectivity index (χ4n) is 1.78. The van der Waals surface area contributed by atoms with Crippen LogP contribution in [-0.4, -0.2) is 24.9 Å². The summed E-state index contributed by atoms with van der Waals surface area (Å²) in [5, 5.41) is 0.996. The first-order valence-corrected chi connectivity index (χ1v) is 7.45. The topological polar surface area (TPSA) is 86.7 Å². The smallest absolute Gasteiger partial charge is 0.282 e. The third-order valence-electron chi connectivity index (χ3n) is 2.60. The highest BCUT2D eigenvalue weighted by Crippen LogP contribution is 2.35. The van der Waals surface area contributed by atoms with Gasteiger partial charge in [0.1, 0.15) is 4.90 Å². The van der Waals surface area contributed by atoms with Crippen LogP contribution in [0.25, 0.3) is 0 Å². The van der Waals surface area contributed by atoms with Crippen LogP contribution in [0, 0.1) is 0 Å². The zero-order valence-electron chi connectivity index (χ0n) is 9.72. The lowest BCUT2D eigenvalue weighted by molar-refractivity contribution is -0.117.